The maximum Gasteiger partial charge on any atom is 0.421 e. The third kappa shape index (κ3) is 4.52. The first-order valence-corrected chi connectivity index (χ1v) is 10.4. The Morgan fingerprint density at radius 3 is 2.64 bits per heavy atom. The molecule has 7 heteroatoms. The van der Waals surface area contributed by atoms with Crippen LogP contribution in [0.2, 0.25) is 0 Å². The molecule has 1 aromatic rings. The summed E-state index contributed by atoms with van der Waals surface area (Å²) in [5, 5.41) is 0. The molecule has 0 aliphatic carbocycles. The molecule has 25 heavy (non-hydrogen) atoms. The van der Waals surface area contributed by atoms with Crippen molar-refractivity contribution in [3.8, 4) is 0 Å². The highest BCUT2D eigenvalue weighted by atomic mass is 32.2. The zero-order valence-corrected chi connectivity index (χ0v) is 15.4. The normalized spacial score (nSPS) is 24.4. The number of aryl methyl sites for hydroxylation is 1. The number of fused-ring (bicyclic) bond motifs is 1. The zero-order valence-electron chi connectivity index (χ0n) is 14.6. The van der Waals surface area contributed by atoms with Crippen LogP contribution in [-0.4, -0.2) is 45.1 Å². The first-order chi connectivity index (χ1) is 12.0. The molecule has 2 aliphatic heterocycles. The highest BCUT2D eigenvalue weighted by Crippen LogP contribution is 2.31. The van der Waals surface area contributed by atoms with Gasteiger partial charge in [-0.25, -0.2) is 17.9 Å². The van der Waals surface area contributed by atoms with Gasteiger partial charge in [0.25, 0.3) is 10.0 Å². The second kappa shape index (κ2) is 7.74. The molecule has 0 spiro atoms. The van der Waals surface area contributed by atoms with E-state index in [1.54, 1.807) is 12.1 Å². The number of carbonyl (C=O) groups is 1. The fourth-order valence-corrected chi connectivity index (χ4v) is 4.76. The third-order valence-electron chi connectivity index (χ3n) is 5.21. The number of nitrogens with zero attached hydrogens (tertiary/aromatic N) is 1. The maximum absolute atomic E-state index is 12.2. The number of sulfonamides is 1. The topological polar surface area (TPSA) is 75.7 Å². The third-order valence-corrected chi connectivity index (χ3v) is 6.53. The Balaban J connectivity index is 1.54. The van der Waals surface area contributed by atoms with E-state index in [0.717, 1.165) is 37.9 Å². The molecule has 2 atom stereocenters. The van der Waals surface area contributed by atoms with E-state index >= 15 is 0 Å². The number of piperidine rings is 2. The molecule has 0 radical (unpaired) electrons. The summed E-state index contributed by atoms with van der Waals surface area (Å²) in [6, 6.07) is 6.81. The van der Waals surface area contributed by atoms with Crippen LogP contribution in [0, 0.1) is 12.8 Å². The fourth-order valence-electron chi connectivity index (χ4n) is 3.87. The van der Waals surface area contributed by atoms with Crippen LogP contribution in [-0.2, 0) is 14.8 Å². The first-order valence-electron chi connectivity index (χ1n) is 8.96. The van der Waals surface area contributed by atoms with Crippen molar-refractivity contribution in [1.82, 2.24) is 9.62 Å². The van der Waals surface area contributed by atoms with Crippen LogP contribution >= 0.6 is 0 Å². The summed E-state index contributed by atoms with van der Waals surface area (Å²) in [6.07, 6.45) is 4.82. The standard InChI is InChI=1S/C18H26N2O4S/c1-14-7-9-16(10-8-14)25(22,23)19-18(21)24-13-15-5-4-12-20-11-3-2-6-17(15)20/h7-10,15,17H,2-6,11-13H2,1H3,(H,19,21)/t15-,17-/m0/s1. The average Bonchev–Trinajstić information content (AvgIpc) is 2.60. The van der Waals surface area contributed by atoms with Gasteiger partial charge in [0.15, 0.2) is 0 Å². The highest BCUT2D eigenvalue weighted by molar-refractivity contribution is 7.90. The Hall–Kier alpha value is -1.60. The van der Waals surface area contributed by atoms with Crippen molar-refractivity contribution in [2.45, 2.75) is 50.0 Å². The number of hydrogen-bond donors (Lipinski definition) is 1. The minimum atomic E-state index is -3.89. The Bertz CT molecular complexity index is 700. The molecule has 2 fully saturated rings. The lowest BCUT2D eigenvalue weighted by atomic mass is 9.84. The number of carbonyl (C=O) groups excluding carboxylic acids is 1. The van der Waals surface area contributed by atoms with Crippen molar-refractivity contribution < 1.29 is 17.9 Å². The minimum absolute atomic E-state index is 0.0613. The predicted octanol–water partition coefficient (Wildman–Crippen LogP) is 2.67. The van der Waals surface area contributed by atoms with E-state index in [0.29, 0.717) is 12.0 Å². The monoisotopic (exact) mass is 366 g/mol. The van der Waals surface area contributed by atoms with E-state index in [1.165, 1.54) is 25.0 Å². The van der Waals surface area contributed by atoms with Gasteiger partial charge in [0.05, 0.1) is 11.5 Å². The molecular weight excluding hydrogens is 340 g/mol. The Morgan fingerprint density at radius 1 is 1.16 bits per heavy atom. The number of rotatable bonds is 4. The molecule has 0 aromatic heterocycles. The van der Waals surface area contributed by atoms with E-state index in [-0.39, 0.29) is 11.5 Å². The lowest BCUT2D eigenvalue weighted by Gasteiger charge is -2.44. The van der Waals surface area contributed by atoms with Gasteiger partial charge in [-0.3, -0.25) is 4.90 Å². The number of ether oxygens (including phenoxy) is 1. The lowest BCUT2D eigenvalue weighted by Crippen LogP contribution is -2.49. The summed E-state index contributed by atoms with van der Waals surface area (Å²) >= 11 is 0. The fraction of sp³-hybridized carbons (Fsp3) is 0.611. The summed E-state index contributed by atoms with van der Waals surface area (Å²) in [7, 11) is -3.89. The number of benzene rings is 1. The smallest absolute Gasteiger partial charge is 0.421 e. The molecule has 2 aliphatic rings. The van der Waals surface area contributed by atoms with Crippen LogP contribution in [0.15, 0.2) is 29.2 Å². The lowest BCUT2D eigenvalue weighted by molar-refractivity contribution is 0.0245. The molecule has 1 amide bonds. The summed E-state index contributed by atoms with van der Waals surface area (Å²) < 4.78 is 31.7. The van der Waals surface area contributed by atoms with E-state index in [9.17, 15) is 13.2 Å². The van der Waals surface area contributed by atoms with Crippen LogP contribution < -0.4 is 4.72 Å². The van der Waals surface area contributed by atoms with Gasteiger partial charge in [-0.1, -0.05) is 24.1 Å². The van der Waals surface area contributed by atoms with E-state index in [4.69, 9.17) is 4.74 Å². The van der Waals surface area contributed by atoms with Crippen molar-refractivity contribution in [3.05, 3.63) is 29.8 Å². The summed E-state index contributed by atoms with van der Waals surface area (Å²) in [5.41, 5.74) is 0.955. The van der Waals surface area contributed by atoms with Gasteiger partial charge in [0.1, 0.15) is 0 Å². The van der Waals surface area contributed by atoms with Gasteiger partial charge in [-0.15, -0.1) is 0 Å². The van der Waals surface area contributed by atoms with Crippen molar-refractivity contribution in [2.24, 2.45) is 5.92 Å². The SMILES string of the molecule is Cc1ccc(S(=O)(=O)NC(=O)OC[C@@H]2CCCN3CCCC[C@@H]23)cc1. The number of hydrogen-bond acceptors (Lipinski definition) is 5. The molecule has 1 N–H and O–H groups in total. The van der Waals surface area contributed by atoms with E-state index in [2.05, 4.69) is 4.90 Å². The van der Waals surface area contributed by atoms with Crippen LogP contribution in [0.25, 0.3) is 0 Å². The molecule has 138 valence electrons. The minimum Gasteiger partial charge on any atom is -0.448 e. The van der Waals surface area contributed by atoms with Crippen LogP contribution in [0.4, 0.5) is 4.79 Å². The molecule has 2 heterocycles. The van der Waals surface area contributed by atoms with E-state index < -0.39 is 16.1 Å². The predicted molar refractivity (Wildman–Crippen MR) is 94.8 cm³/mol. The maximum atomic E-state index is 12.2. The summed E-state index contributed by atoms with van der Waals surface area (Å²) in [6.45, 7) is 4.39. The molecule has 0 bridgehead atoms. The Morgan fingerprint density at radius 2 is 1.88 bits per heavy atom. The average molecular weight is 366 g/mol. The van der Waals surface area contributed by atoms with Crippen molar-refractivity contribution >= 4 is 16.1 Å². The van der Waals surface area contributed by atoms with Crippen molar-refractivity contribution in [2.75, 3.05) is 19.7 Å². The quantitative estimate of drug-likeness (QED) is 0.887. The summed E-state index contributed by atoms with van der Waals surface area (Å²) in [5.74, 6) is 0.293. The molecule has 6 nitrogen and oxygen atoms in total. The first kappa shape index (κ1) is 18.2. The van der Waals surface area contributed by atoms with Gasteiger partial charge in [0, 0.05) is 12.0 Å². The molecular formula is C18H26N2O4S. The van der Waals surface area contributed by atoms with Gasteiger partial charge >= 0.3 is 6.09 Å². The van der Waals surface area contributed by atoms with Gasteiger partial charge in [-0.05, 0) is 57.8 Å². The van der Waals surface area contributed by atoms with E-state index in [1.807, 2.05) is 11.6 Å². The molecule has 0 saturated carbocycles. The molecule has 1 aromatic carbocycles. The zero-order chi connectivity index (χ0) is 17.9. The van der Waals surface area contributed by atoms with Crippen LogP contribution in [0.3, 0.4) is 0 Å². The van der Waals surface area contributed by atoms with Crippen molar-refractivity contribution in [1.29, 1.82) is 0 Å². The van der Waals surface area contributed by atoms with Gasteiger partial charge < -0.3 is 4.74 Å². The highest BCUT2D eigenvalue weighted by Gasteiger charge is 2.33. The van der Waals surface area contributed by atoms with Crippen LogP contribution in [0.1, 0.15) is 37.7 Å². The number of amides is 1. The van der Waals surface area contributed by atoms with Gasteiger partial charge in [-0.2, -0.15) is 0 Å². The molecule has 3 rings (SSSR count). The van der Waals surface area contributed by atoms with Gasteiger partial charge in [0.2, 0.25) is 0 Å². The second-order valence-corrected chi connectivity index (χ2v) is 8.70. The molecule has 2 saturated heterocycles. The Labute approximate surface area is 149 Å². The van der Waals surface area contributed by atoms with Crippen LogP contribution in [0.5, 0.6) is 0 Å². The number of nitrogens with one attached hydrogen (secondary N) is 1. The molecule has 0 unspecified atom stereocenters. The summed E-state index contributed by atoms with van der Waals surface area (Å²) in [4.78, 5) is 14.5. The largest absolute Gasteiger partial charge is 0.448 e. The second-order valence-electron chi connectivity index (χ2n) is 7.02. The Kier molecular flexibility index (Phi) is 5.64. The van der Waals surface area contributed by atoms with Crippen molar-refractivity contribution in [3.63, 3.8) is 0 Å².